The topological polar surface area (TPSA) is 20.2 Å². The Bertz CT molecular complexity index is 427. The van der Waals surface area contributed by atoms with Crippen molar-refractivity contribution in [2.45, 2.75) is 70.3 Å². The monoisotopic (exact) mass is 272 g/mol. The Kier molecular flexibility index (Phi) is 4.45. The quantitative estimate of drug-likeness (QED) is 0.798. The molecule has 0 aliphatic heterocycles. The molecule has 0 spiro atoms. The SMILES string of the molecule is CCC1CCC(C(O)c2ccccc2C2CCC2)CC1. The molecular formula is C19H28O. The fourth-order valence-electron chi connectivity index (χ4n) is 4.04. The number of hydrogen-bond donors (Lipinski definition) is 1. The summed E-state index contributed by atoms with van der Waals surface area (Å²) in [4.78, 5) is 0. The van der Waals surface area contributed by atoms with Crippen LogP contribution in [0.5, 0.6) is 0 Å². The first-order valence-electron chi connectivity index (χ1n) is 8.56. The molecule has 0 saturated heterocycles. The largest absolute Gasteiger partial charge is 0.388 e. The van der Waals surface area contributed by atoms with Crippen molar-refractivity contribution >= 4 is 0 Å². The first-order valence-corrected chi connectivity index (χ1v) is 8.56. The Hall–Kier alpha value is -0.820. The molecule has 0 aromatic heterocycles. The van der Waals surface area contributed by atoms with Crippen LogP contribution >= 0.6 is 0 Å². The lowest BCUT2D eigenvalue weighted by Gasteiger charge is -2.34. The van der Waals surface area contributed by atoms with E-state index in [4.69, 9.17) is 0 Å². The van der Waals surface area contributed by atoms with Gasteiger partial charge in [0.05, 0.1) is 6.10 Å². The lowest BCUT2D eigenvalue weighted by Crippen LogP contribution is -2.22. The molecule has 3 rings (SSSR count). The molecule has 0 radical (unpaired) electrons. The molecule has 1 N–H and O–H groups in total. The zero-order chi connectivity index (χ0) is 13.9. The van der Waals surface area contributed by atoms with Gasteiger partial charge in [0, 0.05) is 0 Å². The van der Waals surface area contributed by atoms with Gasteiger partial charge >= 0.3 is 0 Å². The third kappa shape index (κ3) is 2.79. The van der Waals surface area contributed by atoms with Crippen LogP contribution in [0.4, 0.5) is 0 Å². The second-order valence-corrected chi connectivity index (χ2v) is 6.89. The van der Waals surface area contributed by atoms with E-state index in [2.05, 4.69) is 31.2 Å². The van der Waals surface area contributed by atoms with Crippen molar-refractivity contribution in [3.8, 4) is 0 Å². The van der Waals surface area contributed by atoms with Gasteiger partial charge in [-0.2, -0.15) is 0 Å². The second-order valence-electron chi connectivity index (χ2n) is 6.89. The maximum Gasteiger partial charge on any atom is 0.0820 e. The fraction of sp³-hybridized carbons (Fsp3) is 0.684. The van der Waals surface area contributed by atoms with Crippen LogP contribution in [0.2, 0.25) is 0 Å². The highest BCUT2D eigenvalue weighted by Gasteiger charge is 2.30. The van der Waals surface area contributed by atoms with Crippen molar-refractivity contribution in [3.05, 3.63) is 35.4 Å². The predicted molar refractivity (Wildman–Crippen MR) is 83.7 cm³/mol. The van der Waals surface area contributed by atoms with E-state index in [9.17, 15) is 5.11 Å². The summed E-state index contributed by atoms with van der Waals surface area (Å²) in [6.45, 7) is 2.30. The summed E-state index contributed by atoms with van der Waals surface area (Å²) >= 11 is 0. The molecule has 110 valence electrons. The van der Waals surface area contributed by atoms with Gasteiger partial charge in [-0.05, 0) is 54.6 Å². The van der Waals surface area contributed by atoms with Gasteiger partial charge < -0.3 is 5.11 Å². The fourth-order valence-corrected chi connectivity index (χ4v) is 4.04. The highest BCUT2D eigenvalue weighted by molar-refractivity contribution is 5.33. The zero-order valence-corrected chi connectivity index (χ0v) is 12.7. The molecule has 0 amide bonds. The lowest BCUT2D eigenvalue weighted by molar-refractivity contribution is 0.0715. The van der Waals surface area contributed by atoms with Crippen LogP contribution in [0.15, 0.2) is 24.3 Å². The Morgan fingerprint density at radius 2 is 1.75 bits per heavy atom. The average molecular weight is 272 g/mol. The van der Waals surface area contributed by atoms with Gasteiger partial charge in [0.1, 0.15) is 0 Å². The van der Waals surface area contributed by atoms with Gasteiger partial charge in [0.15, 0.2) is 0 Å². The van der Waals surface area contributed by atoms with Crippen LogP contribution in [0.1, 0.15) is 81.4 Å². The van der Waals surface area contributed by atoms with Gasteiger partial charge in [0.25, 0.3) is 0 Å². The minimum atomic E-state index is -0.232. The number of aliphatic hydroxyl groups excluding tert-OH is 1. The molecule has 0 bridgehead atoms. The van der Waals surface area contributed by atoms with E-state index < -0.39 is 0 Å². The molecule has 0 heterocycles. The first-order chi connectivity index (χ1) is 9.79. The highest BCUT2D eigenvalue weighted by Crippen LogP contribution is 2.43. The van der Waals surface area contributed by atoms with Crippen LogP contribution in [0.3, 0.4) is 0 Å². The molecule has 1 nitrogen and oxygen atoms in total. The van der Waals surface area contributed by atoms with E-state index in [1.807, 2.05) is 0 Å². The summed E-state index contributed by atoms with van der Waals surface area (Å²) < 4.78 is 0. The van der Waals surface area contributed by atoms with Crippen LogP contribution in [-0.4, -0.2) is 5.11 Å². The minimum absolute atomic E-state index is 0.232. The van der Waals surface area contributed by atoms with E-state index in [0.29, 0.717) is 11.8 Å². The van der Waals surface area contributed by atoms with E-state index in [1.54, 1.807) is 0 Å². The smallest absolute Gasteiger partial charge is 0.0820 e. The molecule has 1 aromatic carbocycles. The molecule has 2 saturated carbocycles. The molecular weight excluding hydrogens is 244 g/mol. The first kappa shape index (κ1) is 14.1. The maximum absolute atomic E-state index is 10.9. The Morgan fingerprint density at radius 3 is 2.35 bits per heavy atom. The molecule has 20 heavy (non-hydrogen) atoms. The predicted octanol–water partition coefficient (Wildman–Crippen LogP) is 5.20. The summed E-state index contributed by atoms with van der Waals surface area (Å²) in [5, 5.41) is 10.9. The van der Waals surface area contributed by atoms with E-state index >= 15 is 0 Å². The van der Waals surface area contributed by atoms with E-state index in [-0.39, 0.29) is 6.10 Å². The van der Waals surface area contributed by atoms with Crippen molar-refractivity contribution in [1.29, 1.82) is 0 Å². The molecule has 2 aliphatic rings. The summed E-state index contributed by atoms with van der Waals surface area (Å²) in [7, 11) is 0. The van der Waals surface area contributed by atoms with Crippen LogP contribution in [-0.2, 0) is 0 Å². The number of aliphatic hydroxyl groups is 1. The Labute approximate surface area is 123 Å². The molecule has 1 atom stereocenters. The van der Waals surface area contributed by atoms with Crippen LogP contribution in [0.25, 0.3) is 0 Å². The van der Waals surface area contributed by atoms with Crippen molar-refractivity contribution < 1.29 is 5.11 Å². The van der Waals surface area contributed by atoms with Crippen LogP contribution in [0, 0.1) is 11.8 Å². The van der Waals surface area contributed by atoms with Crippen molar-refractivity contribution in [2.75, 3.05) is 0 Å². The normalized spacial score (nSPS) is 28.9. The van der Waals surface area contributed by atoms with E-state index in [0.717, 1.165) is 5.92 Å². The van der Waals surface area contributed by atoms with Gasteiger partial charge in [0.2, 0.25) is 0 Å². The number of benzene rings is 1. The zero-order valence-electron chi connectivity index (χ0n) is 12.7. The van der Waals surface area contributed by atoms with Gasteiger partial charge in [-0.1, -0.05) is 56.9 Å². The number of hydrogen-bond acceptors (Lipinski definition) is 1. The van der Waals surface area contributed by atoms with Gasteiger partial charge in [-0.15, -0.1) is 0 Å². The average Bonchev–Trinajstić information content (AvgIpc) is 2.45. The van der Waals surface area contributed by atoms with Gasteiger partial charge in [-0.3, -0.25) is 0 Å². The summed E-state index contributed by atoms with van der Waals surface area (Å²) in [6.07, 6.45) is 10.1. The van der Waals surface area contributed by atoms with Crippen LogP contribution < -0.4 is 0 Å². The Balaban J connectivity index is 1.72. The molecule has 2 fully saturated rings. The van der Waals surface area contributed by atoms with Crippen molar-refractivity contribution in [3.63, 3.8) is 0 Å². The minimum Gasteiger partial charge on any atom is -0.388 e. The summed E-state index contributed by atoms with van der Waals surface area (Å²) in [5.41, 5.74) is 2.67. The van der Waals surface area contributed by atoms with Crippen molar-refractivity contribution in [2.24, 2.45) is 11.8 Å². The maximum atomic E-state index is 10.9. The Morgan fingerprint density at radius 1 is 1.05 bits per heavy atom. The molecule has 2 aliphatic carbocycles. The van der Waals surface area contributed by atoms with Gasteiger partial charge in [-0.25, -0.2) is 0 Å². The highest BCUT2D eigenvalue weighted by atomic mass is 16.3. The lowest BCUT2D eigenvalue weighted by atomic mass is 9.73. The second kappa shape index (κ2) is 6.30. The molecule has 1 aromatic rings. The molecule has 1 unspecified atom stereocenters. The summed E-state index contributed by atoms with van der Waals surface area (Å²) in [5.74, 6) is 2.10. The van der Waals surface area contributed by atoms with Crippen molar-refractivity contribution in [1.82, 2.24) is 0 Å². The number of rotatable bonds is 4. The van der Waals surface area contributed by atoms with E-state index in [1.165, 1.54) is 62.5 Å². The molecule has 1 heteroatoms. The third-order valence-corrected chi connectivity index (χ3v) is 5.77. The summed E-state index contributed by atoms with van der Waals surface area (Å²) in [6, 6.07) is 8.65. The standard InChI is InChI=1S/C19H28O/c1-2-14-10-12-16(13-11-14)19(20)18-9-4-3-8-17(18)15-6-5-7-15/h3-4,8-9,14-16,19-20H,2,5-7,10-13H2,1H3. The third-order valence-electron chi connectivity index (χ3n) is 5.77.